The smallest absolute Gasteiger partial charge is 0.177 e. The highest BCUT2D eigenvalue weighted by molar-refractivity contribution is 9.09. The minimum absolute atomic E-state index is 0.401. The lowest BCUT2D eigenvalue weighted by Crippen LogP contribution is -2.31. The van der Waals surface area contributed by atoms with Crippen molar-refractivity contribution in [3.05, 3.63) is 24.3 Å². The summed E-state index contributed by atoms with van der Waals surface area (Å²) < 4.78 is 23.5. The first-order chi connectivity index (χ1) is 8.04. The highest BCUT2D eigenvalue weighted by Gasteiger charge is 2.27. The molecule has 0 aromatic heterocycles. The van der Waals surface area contributed by atoms with Crippen molar-refractivity contribution in [2.75, 3.05) is 23.0 Å². The molecule has 17 heavy (non-hydrogen) atoms. The lowest BCUT2D eigenvalue weighted by atomic mass is 10.2. The Hall–Kier alpha value is -0.550. The van der Waals surface area contributed by atoms with Gasteiger partial charge in [-0.15, -0.1) is 0 Å². The standard InChI is InChI=1S/C12H16BrNO2S/c1-17(15,16)12-7-3-2-6-11(12)14-8-4-5-10(14)9-13/h2-3,6-7,10H,4-5,8-9H2,1H3. The number of rotatable bonds is 3. The summed E-state index contributed by atoms with van der Waals surface area (Å²) in [7, 11) is -3.16. The van der Waals surface area contributed by atoms with Crippen LogP contribution >= 0.6 is 15.9 Å². The van der Waals surface area contributed by atoms with Crippen molar-refractivity contribution in [2.45, 2.75) is 23.8 Å². The number of alkyl halides is 1. The molecule has 0 aliphatic carbocycles. The van der Waals surface area contributed by atoms with Gasteiger partial charge in [-0.05, 0) is 25.0 Å². The van der Waals surface area contributed by atoms with Crippen LogP contribution in [-0.4, -0.2) is 32.6 Å². The molecule has 1 unspecified atom stereocenters. The molecule has 1 saturated heterocycles. The van der Waals surface area contributed by atoms with Crippen LogP contribution in [-0.2, 0) is 9.84 Å². The van der Waals surface area contributed by atoms with Gasteiger partial charge >= 0.3 is 0 Å². The largest absolute Gasteiger partial charge is 0.367 e. The minimum Gasteiger partial charge on any atom is -0.367 e. The van der Waals surface area contributed by atoms with E-state index in [-0.39, 0.29) is 0 Å². The normalized spacial score (nSPS) is 20.8. The molecular formula is C12H16BrNO2S. The van der Waals surface area contributed by atoms with Crippen molar-refractivity contribution >= 4 is 31.5 Å². The van der Waals surface area contributed by atoms with Crippen LogP contribution in [0.5, 0.6) is 0 Å². The Morgan fingerprint density at radius 3 is 2.76 bits per heavy atom. The van der Waals surface area contributed by atoms with Crippen LogP contribution in [0.2, 0.25) is 0 Å². The van der Waals surface area contributed by atoms with E-state index < -0.39 is 9.84 Å². The summed E-state index contributed by atoms with van der Waals surface area (Å²) in [6.45, 7) is 0.933. The number of para-hydroxylation sites is 1. The zero-order chi connectivity index (χ0) is 12.5. The number of nitrogens with zero attached hydrogens (tertiary/aromatic N) is 1. The number of hydrogen-bond donors (Lipinski definition) is 0. The van der Waals surface area contributed by atoms with E-state index in [1.807, 2.05) is 12.1 Å². The van der Waals surface area contributed by atoms with Gasteiger partial charge in [-0.2, -0.15) is 0 Å². The van der Waals surface area contributed by atoms with Crippen molar-refractivity contribution < 1.29 is 8.42 Å². The molecule has 1 atom stereocenters. The van der Waals surface area contributed by atoms with Gasteiger partial charge < -0.3 is 4.90 Å². The van der Waals surface area contributed by atoms with E-state index in [0.717, 1.165) is 30.4 Å². The SMILES string of the molecule is CS(=O)(=O)c1ccccc1N1CCCC1CBr. The summed E-state index contributed by atoms with van der Waals surface area (Å²) >= 11 is 3.50. The lowest BCUT2D eigenvalue weighted by molar-refractivity contribution is 0.601. The maximum atomic E-state index is 11.8. The lowest BCUT2D eigenvalue weighted by Gasteiger charge is -2.27. The molecule has 1 heterocycles. The maximum absolute atomic E-state index is 11.8. The van der Waals surface area contributed by atoms with Crippen LogP contribution in [0.3, 0.4) is 0 Å². The predicted octanol–water partition coefficient (Wildman–Crippen LogP) is 2.45. The molecule has 0 saturated carbocycles. The fourth-order valence-corrected chi connectivity index (χ4v) is 3.89. The van der Waals surface area contributed by atoms with E-state index in [4.69, 9.17) is 0 Å². The molecule has 5 heteroatoms. The first-order valence-corrected chi connectivity index (χ1v) is 8.67. The fraction of sp³-hybridized carbons (Fsp3) is 0.500. The molecule has 0 spiro atoms. The average Bonchev–Trinajstić information content (AvgIpc) is 2.75. The Morgan fingerprint density at radius 2 is 2.12 bits per heavy atom. The van der Waals surface area contributed by atoms with Gasteiger partial charge in [-0.1, -0.05) is 28.1 Å². The molecule has 1 aromatic rings. The fourth-order valence-electron chi connectivity index (χ4n) is 2.32. The molecule has 3 nitrogen and oxygen atoms in total. The molecule has 0 bridgehead atoms. The number of sulfone groups is 1. The minimum atomic E-state index is -3.16. The summed E-state index contributed by atoms with van der Waals surface area (Å²) in [6.07, 6.45) is 3.50. The average molecular weight is 318 g/mol. The van der Waals surface area contributed by atoms with Gasteiger partial charge in [0, 0.05) is 24.2 Å². The molecular weight excluding hydrogens is 302 g/mol. The second kappa shape index (κ2) is 4.98. The van der Waals surface area contributed by atoms with E-state index in [0.29, 0.717) is 10.9 Å². The zero-order valence-corrected chi connectivity index (χ0v) is 12.2. The van der Waals surface area contributed by atoms with Crippen molar-refractivity contribution in [3.8, 4) is 0 Å². The third-order valence-electron chi connectivity index (χ3n) is 3.13. The van der Waals surface area contributed by atoms with Crippen LogP contribution in [0.15, 0.2) is 29.2 Å². The number of benzene rings is 1. The van der Waals surface area contributed by atoms with E-state index in [1.165, 1.54) is 6.26 Å². The molecule has 1 aliphatic rings. The van der Waals surface area contributed by atoms with Gasteiger partial charge in [0.15, 0.2) is 9.84 Å². The first-order valence-electron chi connectivity index (χ1n) is 5.65. The summed E-state index contributed by atoms with van der Waals surface area (Å²) in [5, 5.41) is 0.880. The molecule has 1 fully saturated rings. The molecule has 0 amide bonds. The van der Waals surface area contributed by atoms with Gasteiger partial charge in [-0.3, -0.25) is 0 Å². The highest BCUT2D eigenvalue weighted by Crippen LogP contribution is 2.31. The molecule has 1 aromatic carbocycles. The topological polar surface area (TPSA) is 37.4 Å². The number of hydrogen-bond acceptors (Lipinski definition) is 3. The van der Waals surface area contributed by atoms with Crippen LogP contribution in [0.1, 0.15) is 12.8 Å². The summed E-state index contributed by atoms with van der Waals surface area (Å²) in [6, 6.07) is 7.66. The van der Waals surface area contributed by atoms with E-state index in [1.54, 1.807) is 12.1 Å². The van der Waals surface area contributed by atoms with Gasteiger partial charge in [0.05, 0.1) is 10.6 Å². The second-order valence-corrected chi connectivity index (χ2v) is 7.02. The van der Waals surface area contributed by atoms with Crippen LogP contribution in [0, 0.1) is 0 Å². The summed E-state index contributed by atoms with van der Waals surface area (Å²) in [5.74, 6) is 0. The Balaban J connectivity index is 2.45. The summed E-state index contributed by atoms with van der Waals surface area (Å²) in [4.78, 5) is 2.64. The quantitative estimate of drug-likeness (QED) is 0.804. The van der Waals surface area contributed by atoms with E-state index in [9.17, 15) is 8.42 Å². The summed E-state index contributed by atoms with van der Waals surface area (Å²) in [5.41, 5.74) is 0.844. The van der Waals surface area contributed by atoms with Crippen LogP contribution < -0.4 is 4.90 Å². The van der Waals surface area contributed by atoms with Gasteiger partial charge in [0.2, 0.25) is 0 Å². The molecule has 94 valence electrons. The first kappa shape index (κ1) is 12.9. The van der Waals surface area contributed by atoms with Crippen molar-refractivity contribution in [1.29, 1.82) is 0 Å². The Bertz CT molecular complexity index is 501. The third kappa shape index (κ3) is 2.65. The zero-order valence-electron chi connectivity index (χ0n) is 9.77. The van der Waals surface area contributed by atoms with Gasteiger partial charge in [0.25, 0.3) is 0 Å². The van der Waals surface area contributed by atoms with E-state index in [2.05, 4.69) is 20.8 Å². The van der Waals surface area contributed by atoms with Crippen LogP contribution in [0.4, 0.5) is 5.69 Å². The monoisotopic (exact) mass is 317 g/mol. The third-order valence-corrected chi connectivity index (χ3v) is 5.02. The van der Waals surface area contributed by atoms with Crippen molar-refractivity contribution in [3.63, 3.8) is 0 Å². The maximum Gasteiger partial charge on any atom is 0.177 e. The highest BCUT2D eigenvalue weighted by atomic mass is 79.9. The van der Waals surface area contributed by atoms with Crippen molar-refractivity contribution in [1.82, 2.24) is 0 Å². The Labute approximate surface area is 111 Å². The van der Waals surface area contributed by atoms with Gasteiger partial charge in [0.1, 0.15) is 0 Å². The predicted molar refractivity (Wildman–Crippen MR) is 73.7 cm³/mol. The Morgan fingerprint density at radius 1 is 1.41 bits per heavy atom. The van der Waals surface area contributed by atoms with Crippen molar-refractivity contribution in [2.24, 2.45) is 0 Å². The Kier molecular flexibility index (Phi) is 3.78. The van der Waals surface area contributed by atoms with E-state index >= 15 is 0 Å². The molecule has 0 N–H and O–H groups in total. The number of halogens is 1. The van der Waals surface area contributed by atoms with Crippen LogP contribution in [0.25, 0.3) is 0 Å². The molecule has 0 radical (unpaired) electrons. The second-order valence-electron chi connectivity index (χ2n) is 4.38. The molecule has 1 aliphatic heterocycles. The van der Waals surface area contributed by atoms with Gasteiger partial charge in [-0.25, -0.2) is 8.42 Å². The number of anilines is 1. The molecule has 2 rings (SSSR count).